The normalized spacial score (nSPS) is 18.1. The minimum absolute atomic E-state index is 0.0428. The molecule has 0 radical (unpaired) electrons. The van der Waals surface area contributed by atoms with Crippen molar-refractivity contribution in [3.05, 3.63) is 41.3 Å². The highest BCUT2D eigenvalue weighted by Gasteiger charge is 2.38. The number of alkyl halides is 3. The molecule has 0 aromatic carbocycles. The van der Waals surface area contributed by atoms with Crippen LogP contribution >= 0.6 is 0 Å². The molecule has 2 aromatic rings. The number of nitrogens with zero attached hydrogens (tertiary/aromatic N) is 4. The van der Waals surface area contributed by atoms with Crippen LogP contribution in [0.5, 0.6) is 0 Å². The fraction of sp³-hybridized carbons (Fsp3) is 0.524. The maximum Gasteiger partial charge on any atom is 0.490 e. The number of carbonyl (C=O) groups excluding carboxylic acids is 1. The van der Waals surface area contributed by atoms with Crippen LogP contribution < -0.4 is 15.5 Å². The predicted molar refractivity (Wildman–Crippen MR) is 114 cm³/mol. The fourth-order valence-electron chi connectivity index (χ4n) is 3.84. The van der Waals surface area contributed by atoms with Gasteiger partial charge in [-0.15, -0.1) is 0 Å². The Balaban J connectivity index is 0.000000383. The molecule has 0 spiro atoms. The van der Waals surface area contributed by atoms with Gasteiger partial charge >= 0.3 is 12.1 Å². The third-order valence-electron chi connectivity index (χ3n) is 5.52. The summed E-state index contributed by atoms with van der Waals surface area (Å²) < 4.78 is 33.6. The largest absolute Gasteiger partial charge is 0.490 e. The van der Waals surface area contributed by atoms with E-state index >= 15 is 0 Å². The molecular formula is C21H27F3N6O3. The van der Waals surface area contributed by atoms with Gasteiger partial charge in [0, 0.05) is 58.1 Å². The summed E-state index contributed by atoms with van der Waals surface area (Å²) in [6.45, 7) is 4.47. The van der Waals surface area contributed by atoms with Gasteiger partial charge in [0.15, 0.2) is 0 Å². The Kier molecular flexibility index (Phi) is 7.90. The SMILES string of the molecule is Cn1cc2c(n1)CCC(C(=O)NCc1ccnc(N3CCNCC3)c1)C2.O=C(O)C(F)(F)F. The summed E-state index contributed by atoms with van der Waals surface area (Å²) in [5, 5.41) is 18.0. The van der Waals surface area contributed by atoms with Gasteiger partial charge in [-0.2, -0.15) is 18.3 Å². The number of nitrogens with one attached hydrogen (secondary N) is 2. The van der Waals surface area contributed by atoms with Crippen molar-refractivity contribution in [1.29, 1.82) is 0 Å². The first kappa shape index (κ1) is 24.5. The molecule has 2 aromatic heterocycles. The van der Waals surface area contributed by atoms with E-state index in [-0.39, 0.29) is 11.8 Å². The van der Waals surface area contributed by atoms with E-state index in [2.05, 4.69) is 31.7 Å². The Labute approximate surface area is 189 Å². The number of aromatic nitrogens is 3. The number of carboxylic acids is 1. The summed E-state index contributed by atoms with van der Waals surface area (Å²) in [4.78, 5) is 28.3. The lowest BCUT2D eigenvalue weighted by Crippen LogP contribution is -2.43. The zero-order valence-electron chi connectivity index (χ0n) is 18.2. The minimum atomic E-state index is -5.08. The third kappa shape index (κ3) is 6.91. The summed E-state index contributed by atoms with van der Waals surface area (Å²) in [6, 6.07) is 4.07. The Morgan fingerprint density at radius 2 is 2.00 bits per heavy atom. The van der Waals surface area contributed by atoms with Crippen LogP contribution in [0.4, 0.5) is 19.0 Å². The van der Waals surface area contributed by atoms with E-state index in [9.17, 15) is 18.0 Å². The molecule has 4 rings (SSSR count). The topological polar surface area (TPSA) is 112 Å². The van der Waals surface area contributed by atoms with E-state index < -0.39 is 12.1 Å². The molecule has 3 N–H and O–H groups in total. The zero-order chi connectivity index (χ0) is 24.0. The Bertz CT molecular complexity index is 972. The van der Waals surface area contributed by atoms with Gasteiger partial charge in [-0.25, -0.2) is 9.78 Å². The molecule has 1 aliphatic heterocycles. The van der Waals surface area contributed by atoms with Crippen molar-refractivity contribution in [1.82, 2.24) is 25.4 Å². The second kappa shape index (κ2) is 10.6. The number of carbonyl (C=O) groups is 2. The molecule has 0 bridgehead atoms. The van der Waals surface area contributed by atoms with E-state index in [0.29, 0.717) is 6.54 Å². The van der Waals surface area contributed by atoms with Gasteiger partial charge in [-0.05, 0) is 42.5 Å². The number of aryl methyl sites for hydroxylation is 2. The maximum absolute atomic E-state index is 12.6. The van der Waals surface area contributed by atoms with Crippen molar-refractivity contribution in [3.8, 4) is 0 Å². The van der Waals surface area contributed by atoms with Crippen molar-refractivity contribution in [2.24, 2.45) is 13.0 Å². The number of anilines is 1. The molecule has 33 heavy (non-hydrogen) atoms. The first-order chi connectivity index (χ1) is 15.6. The number of fused-ring (bicyclic) bond motifs is 1. The lowest BCUT2D eigenvalue weighted by molar-refractivity contribution is -0.192. The number of amides is 1. The highest BCUT2D eigenvalue weighted by atomic mass is 19.4. The number of aliphatic carboxylic acids is 1. The van der Waals surface area contributed by atoms with Crippen molar-refractivity contribution in [2.45, 2.75) is 32.0 Å². The van der Waals surface area contributed by atoms with Crippen molar-refractivity contribution < 1.29 is 27.9 Å². The van der Waals surface area contributed by atoms with Crippen LogP contribution in [0.15, 0.2) is 24.5 Å². The number of carboxylic acid groups (broad SMARTS) is 1. The number of rotatable bonds is 4. The molecule has 1 amide bonds. The highest BCUT2D eigenvalue weighted by molar-refractivity contribution is 5.79. The fourth-order valence-corrected chi connectivity index (χ4v) is 3.84. The second-order valence-corrected chi connectivity index (χ2v) is 7.99. The van der Waals surface area contributed by atoms with E-state index in [1.54, 1.807) is 0 Å². The smallest absolute Gasteiger partial charge is 0.475 e. The lowest BCUT2D eigenvalue weighted by Gasteiger charge is -2.28. The van der Waals surface area contributed by atoms with Crippen LogP contribution in [0.1, 0.15) is 23.2 Å². The maximum atomic E-state index is 12.6. The number of piperazine rings is 1. The quantitative estimate of drug-likeness (QED) is 0.620. The Morgan fingerprint density at radius 1 is 1.30 bits per heavy atom. The van der Waals surface area contributed by atoms with Crippen molar-refractivity contribution >= 4 is 17.7 Å². The Hall–Kier alpha value is -3.15. The summed E-state index contributed by atoms with van der Waals surface area (Å²) in [5.41, 5.74) is 3.45. The first-order valence-electron chi connectivity index (χ1n) is 10.6. The van der Waals surface area contributed by atoms with Gasteiger partial charge in [0.05, 0.1) is 5.69 Å². The summed E-state index contributed by atoms with van der Waals surface area (Å²) in [5.74, 6) is -1.58. The molecule has 1 atom stereocenters. The standard InChI is InChI=1S/C19H26N6O.C2HF3O2/c1-24-13-16-11-15(2-3-17(16)23-24)19(26)22-12-14-4-5-21-18(10-14)25-8-6-20-7-9-25;3-2(4,5)1(6)7/h4-5,10,13,15,20H,2-3,6-9,11-12H2,1H3,(H,22,26);(H,6,7). The van der Waals surface area contributed by atoms with Crippen LogP contribution in [0.3, 0.4) is 0 Å². The van der Waals surface area contributed by atoms with Crippen LogP contribution in [-0.2, 0) is 36.0 Å². The van der Waals surface area contributed by atoms with Crippen LogP contribution in [0, 0.1) is 5.92 Å². The van der Waals surface area contributed by atoms with Gasteiger partial charge in [-0.3, -0.25) is 9.48 Å². The molecule has 180 valence electrons. The summed E-state index contributed by atoms with van der Waals surface area (Å²) >= 11 is 0. The highest BCUT2D eigenvalue weighted by Crippen LogP contribution is 2.24. The molecule has 1 unspecified atom stereocenters. The molecule has 9 nitrogen and oxygen atoms in total. The van der Waals surface area contributed by atoms with Gasteiger partial charge in [0.1, 0.15) is 5.82 Å². The molecule has 1 saturated heterocycles. The molecule has 0 saturated carbocycles. The third-order valence-corrected chi connectivity index (χ3v) is 5.52. The van der Waals surface area contributed by atoms with Gasteiger partial charge in [0.25, 0.3) is 0 Å². The zero-order valence-corrected chi connectivity index (χ0v) is 18.2. The van der Waals surface area contributed by atoms with Gasteiger partial charge < -0.3 is 20.6 Å². The molecule has 12 heteroatoms. The predicted octanol–water partition coefficient (Wildman–Crippen LogP) is 1.28. The van der Waals surface area contributed by atoms with Crippen molar-refractivity contribution in [3.63, 3.8) is 0 Å². The molecule has 1 fully saturated rings. The van der Waals surface area contributed by atoms with Gasteiger partial charge in [-0.1, -0.05) is 0 Å². The lowest BCUT2D eigenvalue weighted by atomic mass is 9.87. The van der Waals surface area contributed by atoms with Crippen LogP contribution in [-0.4, -0.2) is 64.1 Å². The van der Waals surface area contributed by atoms with Crippen LogP contribution in [0.2, 0.25) is 0 Å². The summed E-state index contributed by atoms with van der Waals surface area (Å²) in [7, 11) is 1.94. The number of hydrogen-bond acceptors (Lipinski definition) is 6. The average Bonchev–Trinajstić information content (AvgIpc) is 3.17. The molecule has 2 aliphatic rings. The number of halogens is 3. The van der Waals surface area contributed by atoms with E-state index in [1.807, 2.05) is 30.2 Å². The monoisotopic (exact) mass is 468 g/mol. The first-order valence-corrected chi connectivity index (χ1v) is 10.6. The number of pyridine rings is 1. The van der Waals surface area contributed by atoms with Crippen molar-refractivity contribution in [2.75, 3.05) is 31.1 Å². The molecule has 3 heterocycles. The number of hydrogen-bond donors (Lipinski definition) is 3. The van der Waals surface area contributed by atoms with E-state index in [4.69, 9.17) is 9.90 Å². The molecule has 1 aliphatic carbocycles. The van der Waals surface area contributed by atoms with Crippen LogP contribution in [0.25, 0.3) is 0 Å². The van der Waals surface area contributed by atoms with Gasteiger partial charge in [0.2, 0.25) is 5.91 Å². The Morgan fingerprint density at radius 3 is 2.67 bits per heavy atom. The van der Waals surface area contributed by atoms with E-state index in [0.717, 1.165) is 62.5 Å². The average molecular weight is 468 g/mol. The molecular weight excluding hydrogens is 441 g/mol. The second-order valence-electron chi connectivity index (χ2n) is 7.99. The summed E-state index contributed by atoms with van der Waals surface area (Å²) in [6.07, 6.45) is 1.34. The van der Waals surface area contributed by atoms with E-state index in [1.165, 1.54) is 5.56 Å². The minimum Gasteiger partial charge on any atom is -0.475 e.